The molecule has 1 N–H and O–H groups in total. The number of rotatable bonds is 3. The van der Waals surface area contributed by atoms with E-state index in [-0.39, 0.29) is 5.75 Å². The Morgan fingerprint density at radius 2 is 1.84 bits per heavy atom. The van der Waals surface area contributed by atoms with Crippen LogP contribution in [0.15, 0.2) is 30.3 Å². The van der Waals surface area contributed by atoms with E-state index in [0.29, 0.717) is 0 Å². The molecule has 0 saturated heterocycles. The topological polar surface area (TPSA) is 54.2 Å². The maximum atomic E-state index is 9.96. The number of likely N-dealkylation sites (N-methyl/N-ethyl adjacent to an activating group) is 1. The molecule has 0 fully saturated rings. The lowest BCUT2D eigenvalue weighted by atomic mass is 10.1. The van der Waals surface area contributed by atoms with Gasteiger partial charge in [-0.05, 0) is 63.3 Å². The number of phenols is 1. The highest BCUT2D eigenvalue weighted by Crippen LogP contribution is 2.31. The van der Waals surface area contributed by atoms with Crippen LogP contribution in [-0.4, -0.2) is 45.2 Å². The van der Waals surface area contributed by atoms with E-state index >= 15 is 0 Å². The van der Waals surface area contributed by atoms with Crippen molar-refractivity contribution in [3.8, 4) is 5.75 Å². The molecule has 4 rings (SSSR count). The summed E-state index contributed by atoms with van der Waals surface area (Å²) in [6, 6.07) is 9.59. The lowest BCUT2D eigenvalue weighted by Crippen LogP contribution is -2.18. The van der Waals surface area contributed by atoms with Crippen LogP contribution in [0.5, 0.6) is 5.75 Å². The standard InChI is InChI=1S/C20H22N4O/c1-12-5-7-16-18(13(12)2)22-19-15-11-14(25)6-8-17(15)24(20(19)21-16)10-9-23(3)4/h5-8,11,25H,9-10H2,1-4H3. The van der Waals surface area contributed by atoms with E-state index in [1.807, 2.05) is 12.1 Å². The van der Waals surface area contributed by atoms with E-state index in [4.69, 9.17) is 9.97 Å². The lowest BCUT2D eigenvalue weighted by Gasteiger charge is -2.12. The average Bonchev–Trinajstić information content (AvgIpc) is 2.87. The highest BCUT2D eigenvalue weighted by Gasteiger charge is 2.16. The maximum Gasteiger partial charge on any atom is 0.160 e. The van der Waals surface area contributed by atoms with Crippen LogP contribution < -0.4 is 0 Å². The molecule has 0 bridgehead atoms. The van der Waals surface area contributed by atoms with Gasteiger partial charge in [-0.1, -0.05) is 6.07 Å². The van der Waals surface area contributed by atoms with Crippen molar-refractivity contribution >= 4 is 33.1 Å². The van der Waals surface area contributed by atoms with Crippen molar-refractivity contribution in [2.75, 3.05) is 20.6 Å². The third kappa shape index (κ3) is 2.51. The molecule has 2 aromatic heterocycles. The van der Waals surface area contributed by atoms with Gasteiger partial charge in [0.05, 0.1) is 16.6 Å². The number of hydrogen-bond acceptors (Lipinski definition) is 4. The fourth-order valence-corrected chi connectivity index (χ4v) is 3.31. The molecule has 2 aromatic carbocycles. The molecule has 128 valence electrons. The summed E-state index contributed by atoms with van der Waals surface area (Å²) < 4.78 is 2.20. The summed E-state index contributed by atoms with van der Waals surface area (Å²) in [5, 5.41) is 10.9. The van der Waals surface area contributed by atoms with Gasteiger partial charge in [0.1, 0.15) is 11.3 Å². The molecule has 5 nitrogen and oxygen atoms in total. The van der Waals surface area contributed by atoms with Crippen molar-refractivity contribution in [2.24, 2.45) is 0 Å². The molecule has 0 aliphatic rings. The molecule has 4 aromatic rings. The van der Waals surface area contributed by atoms with Crippen molar-refractivity contribution < 1.29 is 5.11 Å². The van der Waals surface area contributed by atoms with Crippen molar-refractivity contribution in [3.63, 3.8) is 0 Å². The third-order valence-electron chi connectivity index (χ3n) is 4.89. The second kappa shape index (κ2) is 5.70. The van der Waals surface area contributed by atoms with Crippen LogP contribution in [0.25, 0.3) is 33.1 Å². The predicted molar refractivity (Wildman–Crippen MR) is 102 cm³/mol. The summed E-state index contributed by atoms with van der Waals surface area (Å²) >= 11 is 0. The van der Waals surface area contributed by atoms with Crippen LogP contribution in [0.1, 0.15) is 11.1 Å². The number of nitrogens with zero attached hydrogens (tertiary/aromatic N) is 4. The smallest absolute Gasteiger partial charge is 0.160 e. The fourth-order valence-electron chi connectivity index (χ4n) is 3.31. The molecule has 5 heteroatoms. The first-order valence-corrected chi connectivity index (χ1v) is 8.49. The molecule has 0 radical (unpaired) electrons. The molecular formula is C20H22N4O. The summed E-state index contributed by atoms with van der Waals surface area (Å²) in [6.45, 7) is 5.91. The number of aromatic hydroxyl groups is 1. The molecule has 0 saturated carbocycles. The Balaban J connectivity index is 2.10. The van der Waals surface area contributed by atoms with Crippen molar-refractivity contribution in [1.29, 1.82) is 0 Å². The molecule has 0 aliphatic carbocycles. The first-order chi connectivity index (χ1) is 12.0. The summed E-state index contributed by atoms with van der Waals surface area (Å²) in [5.74, 6) is 0.252. The Kier molecular flexibility index (Phi) is 3.62. The van der Waals surface area contributed by atoms with E-state index in [2.05, 4.69) is 43.5 Å². The van der Waals surface area contributed by atoms with Crippen LogP contribution in [0.4, 0.5) is 0 Å². The number of hydrogen-bond donors (Lipinski definition) is 1. The number of aromatic nitrogens is 3. The maximum absolute atomic E-state index is 9.96. The zero-order valence-corrected chi connectivity index (χ0v) is 15.0. The van der Waals surface area contributed by atoms with Crippen molar-refractivity contribution in [3.05, 3.63) is 41.5 Å². The minimum Gasteiger partial charge on any atom is -0.508 e. The van der Waals surface area contributed by atoms with Crippen molar-refractivity contribution in [2.45, 2.75) is 20.4 Å². The SMILES string of the molecule is Cc1ccc2nc3c(nc2c1C)c1cc(O)ccc1n3CCN(C)C. The fraction of sp³-hybridized carbons (Fsp3) is 0.300. The van der Waals surface area contributed by atoms with Gasteiger partial charge in [-0.15, -0.1) is 0 Å². The van der Waals surface area contributed by atoms with Gasteiger partial charge in [-0.25, -0.2) is 9.97 Å². The number of aryl methyl sites for hydroxylation is 2. The first-order valence-electron chi connectivity index (χ1n) is 8.49. The van der Waals surface area contributed by atoms with Crippen LogP contribution in [0.3, 0.4) is 0 Å². The Labute approximate surface area is 146 Å². The van der Waals surface area contributed by atoms with Gasteiger partial charge < -0.3 is 14.6 Å². The normalized spacial score (nSPS) is 12.0. The zero-order chi connectivity index (χ0) is 17.7. The van der Waals surface area contributed by atoms with Gasteiger partial charge >= 0.3 is 0 Å². The van der Waals surface area contributed by atoms with E-state index in [1.54, 1.807) is 12.1 Å². The number of benzene rings is 2. The molecule has 0 amide bonds. The average molecular weight is 334 g/mol. The minimum atomic E-state index is 0.252. The first kappa shape index (κ1) is 15.8. The van der Waals surface area contributed by atoms with Gasteiger partial charge in [0.15, 0.2) is 5.65 Å². The molecule has 2 heterocycles. The van der Waals surface area contributed by atoms with E-state index < -0.39 is 0 Å². The summed E-state index contributed by atoms with van der Waals surface area (Å²) in [6.07, 6.45) is 0. The van der Waals surface area contributed by atoms with Crippen molar-refractivity contribution in [1.82, 2.24) is 19.4 Å². The molecule has 0 unspecified atom stereocenters. The number of fused-ring (bicyclic) bond motifs is 4. The Bertz CT molecular complexity index is 1110. The van der Waals surface area contributed by atoms with E-state index in [1.165, 1.54) is 5.56 Å². The minimum absolute atomic E-state index is 0.252. The van der Waals surface area contributed by atoms with Crippen LogP contribution in [-0.2, 0) is 6.54 Å². The predicted octanol–water partition coefficient (Wildman–Crippen LogP) is 3.62. The zero-order valence-electron chi connectivity index (χ0n) is 15.0. The van der Waals surface area contributed by atoms with Gasteiger partial charge in [0, 0.05) is 18.5 Å². The van der Waals surface area contributed by atoms with Gasteiger partial charge in [-0.2, -0.15) is 0 Å². The molecular weight excluding hydrogens is 312 g/mol. The van der Waals surface area contributed by atoms with Gasteiger partial charge in [0.2, 0.25) is 0 Å². The summed E-state index contributed by atoms with van der Waals surface area (Å²) in [7, 11) is 4.12. The largest absolute Gasteiger partial charge is 0.508 e. The molecule has 0 atom stereocenters. The molecule has 0 aliphatic heterocycles. The highest BCUT2D eigenvalue weighted by atomic mass is 16.3. The van der Waals surface area contributed by atoms with Crippen LogP contribution >= 0.6 is 0 Å². The van der Waals surface area contributed by atoms with Gasteiger partial charge in [0.25, 0.3) is 0 Å². The van der Waals surface area contributed by atoms with E-state index in [0.717, 1.165) is 51.8 Å². The second-order valence-corrected chi connectivity index (χ2v) is 6.93. The quantitative estimate of drug-likeness (QED) is 0.622. The third-order valence-corrected chi connectivity index (χ3v) is 4.89. The van der Waals surface area contributed by atoms with E-state index in [9.17, 15) is 5.11 Å². The van der Waals surface area contributed by atoms with Crippen LogP contribution in [0.2, 0.25) is 0 Å². The van der Waals surface area contributed by atoms with Crippen LogP contribution in [0, 0.1) is 13.8 Å². The summed E-state index contributed by atoms with van der Waals surface area (Å²) in [4.78, 5) is 12.0. The second-order valence-electron chi connectivity index (χ2n) is 6.93. The highest BCUT2D eigenvalue weighted by molar-refractivity contribution is 6.07. The summed E-state index contributed by atoms with van der Waals surface area (Å²) in [5.41, 5.74) is 6.99. The lowest BCUT2D eigenvalue weighted by molar-refractivity contribution is 0.389. The molecule has 0 spiro atoms. The molecule has 25 heavy (non-hydrogen) atoms. The van der Waals surface area contributed by atoms with Gasteiger partial charge in [-0.3, -0.25) is 0 Å². The Hall–Kier alpha value is -2.66. The monoisotopic (exact) mass is 334 g/mol. The number of phenolic OH excluding ortho intramolecular Hbond substituents is 1. The Morgan fingerprint density at radius 1 is 1.04 bits per heavy atom. The Morgan fingerprint density at radius 3 is 2.60 bits per heavy atom.